The van der Waals surface area contributed by atoms with Crippen molar-refractivity contribution in [1.29, 1.82) is 0 Å². The fourth-order valence-corrected chi connectivity index (χ4v) is 3.10. The average Bonchev–Trinajstić information content (AvgIpc) is 2.14. The van der Waals surface area contributed by atoms with Gasteiger partial charge in [0.2, 0.25) is 0 Å². The molecule has 90 valence electrons. The fourth-order valence-electron chi connectivity index (χ4n) is 3.10. The molecular weight excluding hydrogens is 192 g/mol. The first-order chi connectivity index (χ1) is 7.29. The summed E-state index contributed by atoms with van der Waals surface area (Å²) in [5.41, 5.74) is 9.12. The normalized spacial score (nSPS) is 11.6. The lowest BCUT2D eigenvalue weighted by Gasteiger charge is -2.24. The van der Waals surface area contributed by atoms with E-state index >= 15 is 0 Å². The molecule has 0 heteroatoms. The molecule has 0 unspecified atom stereocenters. The Hall–Kier alpha value is -0.780. The maximum atomic E-state index is 2.29. The third kappa shape index (κ3) is 2.03. The Morgan fingerprint density at radius 2 is 0.688 bits per heavy atom. The molecule has 0 spiro atoms. The van der Waals surface area contributed by atoms with E-state index in [0.717, 1.165) is 0 Å². The molecule has 0 bridgehead atoms. The van der Waals surface area contributed by atoms with E-state index in [1.807, 2.05) is 0 Å². The van der Waals surface area contributed by atoms with E-state index in [-0.39, 0.29) is 0 Å². The zero-order valence-corrected chi connectivity index (χ0v) is 12.2. The molecule has 0 aliphatic carbocycles. The van der Waals surface area contributed by atoms with Gasteiger partial charge in [0, 0.05) is 0 Å². The van der Waals surface area contributed by atoms with Crippen molar-refractivity contribution in [3.8, 4) is 0 Å². The summed E-state index contributed by atoms with van der Waals surface area (Å²) in [5, 5.41) is 0. The zero-order valence-electron chi connectivity index (χ0n) is 12.2. The van der Waals surface area contributed by atoms with Crippen LogP contribution < -0.4 is 0 Å². The Balaban J connectivity index is 3.63. The second-order valence-corrected chi connectivity index (χ2v) is 5.64. The third-order valence-electron chi connectivity index (χ3n) is 3.90. The maximum absolute atomic E-state index is 2.29. The number of hydrogen-bond donors (Lipinski definition) is 0. The molecule has 1 aromatic rings. The smallest absolute Gasteiger partial charge is 0.0213 e. The molecule has 0 atom stereocenters. The molecule has 0 saturated heterocycles. The number of rotatable bonds is 2. The molecule has 0 fully saturated rings. The summed E-state index contributed by atoms with van der Waals surface area (Å²) in [6, 6.07) is 0. The molecule has 0 aromatic heterocycles. The summed E-state index contributed by atoms with van der Waals surface area (Å²) in [5.74, 6) is 1.25. The van der Waals surface area contributed by atoms with E-state index in [1.54, 1.807) is 11.1 Å². The predicted molar refractivity (Wildman–Crippen MR) is 73.6 cm³/mol. The molecule has 1 aromatic carbocycles. The summed E-state index contributed by atoms with van der Waals surface area (Å²) in [4.78, 5) is 0. The van der Waals surface area contributed by atoms with Crippen LogP contribution in [0.5, 0.6) is 0 Å². The maximum Gasteiger partial charge on any atom is -0.0213 e. The molecule has 0 nitrogen and oxygen atoms in total. The van der Waals surface area contributed by atoms with Crippen LogP contribution in [0.15, 0.2) is 0 Å². The predicted octanol–water partition coefficient (Wildman–Crippen LogP) is 5.17. The van der Waals surface area contributed by atoms with Crippen LogP contribution in [0.1, 0.15) is 72.9 Å². The quantitative estimate of drug-likeness (QED) is 0.642. The van der Waals surface area contributed by atoms with Gasteiger partial charge in [-0.1, -0.05) is 27.7 Å². The highest BCUT2D eigenvalue weighted by atomic mass is 14.2. The zero-order chi connectivity index (χ0) is 12.6. The van der Waals surface area contributed by atoms with Crippen LogP contribution in [0.4, 0.5) is 0 Å². The van der Waals surface area contributed by atoms with E-state index in [2.05, 4.69) is 55.4 Å². The molecule has 0 N–H and O–H groups in total. The topological polar surface area (TPSA) is 0 Å². The molecule has 0 radical (unpaired) electrons. The second kappa shape index (κ2) is 4.61. The first-order valence-electron chi connectivity index (χ1n) is 6.39. The van der Waals surface area contributed by atoms with Crippen molar-refractivity contribution in [2.45, 2.75) is 67.2 Å². The highest BCUT2D eigenvalue weighted by Gasteiger charge is 2.17. The molecule has 0 heterocycles. The van der Waals surface area contributed by atoms with Crippen LogP contribution >= 0.6 is 0 Å². The van der Waals surface area contributed by atoms with Gasteiger partial charge < -0.3 is 0 Å². The second-order valence-electron chi connectivity index (χ2n) is 5.64. The highest BCUT2D eigenvalue weighted by molar-refractivity contribution is 5.52. The molecule has 0 saturated carbocycles. The third-order valence-corrected chi connectivity index (χ3v) is 3.90. The van der Waals surface area contributed by atoms with Crippen molar-refractivity contribution in [2.24, 2.45) is 0 Å². The van der Waals surface area contributed by atoms with Crippen molar-refractivity contribution >= 4 is 0 Å². The fraction of sp³-hybridized carbons (Fsp3) is 0.625. The van der Waals surface area contributed by atoms with E-state index in [4.69, 9.17) is 0 Å². The Kier molecular flexibility index (Phi) is 3.83. The summed E-state index contributed by atoms with van der Waals surface area (Å²) in [6.07, 6.45) is 0. The SMILES string of the molecule is Cc1c(C)c(C(C)C)c(C)c(C)c1C(C)C. The van der Waals surface area contributed by atoms with E-state index < -0.39 is 0 Å². The highest BCUT2D eigenvalue weighted by Crippen LogP contribution is 2.34. The van der Waals surface area contributed by atoms with Gasteiger partial charge >= 0.3 is 0 Å². The van der Waals surface area contributed by atoms with Crippen molar-refractivity contribution in [3.63, 3.8) is 0 Å². The minimum atomic E-state index is 0.624. The first-order valence-corrected chi connectivity index (χ1v) is 6.39. The lowest BCUT2D eigenvalue weighted by atomic mass is 9.81. The number of benzene rings is 1. The lowest BCUT2D eigenvalue weighted by molar-refractivity contribution is 0.806. The molecule has 0 aliphatic rings. The van der Waals surface area contributed by atoms with Gasteiger partial charge in [-0.15, -0.1) is 0 Å². The van der Waals surface area contributed by atoms with E-state index in [9.17, 15) is 0 Å². The largest absolute Gasteiger partial charge is 0.0587 e. The minimum Gasteiger partial charge on any atom is -0.0587 e. The summed E-state index contributed by atoms with van der Waals surface area (Å²) in [6.45, 7) is 18.3. The summed E-state index contributed by atoms with van der Waals surface area (Å²) >= 11 is 0. The number of hydrogen-bond acceptors (Lipinski definition) is 0. The lowest BCUT2D eigenvalue weighted by Crippen LogP contribution is -2.07. The van der Waals surface area contributed by atoms with Gasteiger partial charge in [0.25, 0.3) is 0 Å². The standard InChI is InChI=1S/C16H26/c1-9(2)15-11(5)13(7)16(10(3)4)14(8)12(15)6/h9-10H,1-8H3. The van der Waals surface area contributed by atoms with Gasteiger partial charge in [0.1, 0.15) is 0 Å². The van der Waals surface area contributed by atoms with Crippen LogP contribution in [0.3, 0.4) is 0 Å². The van der Waals surface area contributed by atoms with Crippen molar-refractivity contribution < 1.29 is 0 Å². The van der Waals surface area contributed by atoms with Gasteiger partial charge in [-0.05, 0) is 72.9 Å². The molecule has 0 amide bonds. The minimum absolute atomic E-state index is 0.624. The van der Waals surface area contributed by atoms with Crippen LogP contribution in [0, 0.1) is 27.7 Å². The van der Waals surface area contributed by atoms with Crippen LogP contribution in [-0.2, 0) is 0 Å². The average molecular weight is 218 g/mol. The van der Waals surface area contributed by atoms with Gasteiger partial charge in [-0.2, -0.15) is 0 Å². The van der Waals surface area contributed by atoms with Crippen molar-refractivity contribution in [1.82, 2.24) is 0 Å². The molecule has 1 rings (SSSR count). The van der Waals surface area contributed by atoms with Crippen LogP contribution in [-0.4, -0.2) is 0 Å². The van der Waals surface area contributed by atoms with Gasteiger partial charge in [-0.25, -0.2) is 0 Å². The van der Waals surface area contributed by atoms with Crippen molar-refractivity contribution in [2.75, 3.05) is 0 Å². The Labute approximate surface area is 101 Å². The van der Waals surface area contributed by atoms with Crippen LogP contribution in [0.2, 0.25) is 0 Å². The first kappa shape index (κ1) is 13.3. The molecule has 0 aliphatic heterocycles. The molecular formula is C16H26. The molecule has 16 heavy (non-hydrogen) atoms. The van der Waals surface area contributed by atoms with E-state index in [0.29, 0.717) is 11.8 Å². The van der Waals surface area contributed by atoms with E-state index in [1.165, 1.54) is 22.3 Å². The Morgan fingerprint density at radius 3 is 0.812 bits per heavy atom. The summed E-state index contributed by atoms with van der Waals surface area (Å²) < 4.78 is 0. The monoisotopic (exact) mass is 218 g/mol. The Morgan fingerprint density at radius 1 is 0.500 bits per heavy atom. The van der Waals surface area contributed by atoms with Gasteiger partial charge in [0.05, 0.1) is 0 Å². The van der Waals surface area contributed by atoms with Gasteiger partial charge in [0.15, 0.2) is 0 Å². The van der Waals surface area contributed by atoms with Crippen molar-refractivity contribution in [3.05, 3.63) is 33.4 Å². The van der Waals surface area contributed by atoms with Gasteiger partial charge in [-0.3, -0.25) is 0 Å². The Bertz CT molecular complexity index is 327. The summed E-state index contributed by atoms with van der Waals surface area (Å²) in [7, 11) is 0. The van der Waals surface area contributed by atoms with Crippen LogP contribution in [0.25, 0.3) is 0 Å².